The number of carbonyl (C=O) groups excluding carboxylic acids is 1. The molecule has 1 atom stereocenters. The van der Waals surface area contributed by atoms with Gasteiger partial charge in [0, 0.05) is 11.3 Å². The molecular weight excluding hydrogens is 196 g/mol. The lowest BCUT2D eigenvalue weighted by Crippen LogP contribution is -2.33. The monoisotopic (exact) mass is 208 g/mol. The van der Waals surface area contributed by atoms with Crippen LogP contribution >= 0.6 is 0 Å². The van der Waals surface area contributed by atoms with Crippen LogP contribution in [0.15, 0.2) is 24.3 Å². The number of rotatable bonds is 4. The van der Waals surface area contributed by atoms with E-state index in [2.05, 4.69) is 0 Å². The van der Waals surface area contributed by atoms with Gasteiger partial charge in [0.15, 0.2) is 5.78 Å². The van der Waals surface area contributed by atoms with Gasteiger partial charge in [-0.3, -0.25) is 9.59 Å². The number of carboxylic acid groups (broad SMARTS) is 1. The Morgan fingerprint density at radius 2 is 1.93 bits per heavy atom. The molecule has 0 amide bonds. The predicted octanol–water partition coefficient (Wildman–Crippen LogP) is 0.253. The molecule has 0 aliphatic heterocycles. The Morgan fingerprint density at radius 3 is 2.47 bits per heavy atom. The smallest absolute Gasteiger partial charge is 0.305 e. The number of hydrogen-bond acceptors (Lipinski definition) is 4. The first-order valence-corrected chi connectivity index (χ1v) is 4.38. The van der Waals surface area contributed by atoms with Crippen molar-refractivity contribution >= 4 is 17.4 Å². The van der Waals surface area contributed by atoms with Crippen LogP contribution in [0.4, 0.5) is 5.69 Å². The average molecular weight is 208 g/mol. The molecule has 0 saturated heterocycles. The van der Waals surface area contributed by atoms with Crippen molar-refractivity contribution in [3.05, 3.63) is 29.8 Å². The fourth-order valence-corrected chi connectivity index (χ4v) is 1.20. The predicted molar refractivity (Wildman–Crippen MR) is 55.4 cm³/mol. The van der Waals surface area contributed by atoms with E-state index in [1.165, 1.54) is 6.07 Å². The Balaban J connectivity index is 2.85. The van der Waals surface area contributed by atoms with Crippen molar-refractivity contribution < 1.29 is 14.7 Å². The third-order valence-corrected chi connectivity index (χ3v) is 1.96. The second kappa shape index (κ2) is 4.56. The molecule has 1 rings (SSSR count). The molecule has 0 saturated carbocycles. The first-order chi connectivity index (χ1) is 7.02. The van der Waals surface area contributed by atoms with Crippen molar-refractivity contribution in [1.82, 2.24) is 0 Å². The second-order valence-electron chi connectivity index (χ2n) is 3.16. The largest absolute Gasteiger partial charge is 0.481 e. The molecule has 0 heterocycles. The van der Waals surface area contributed by atoms with Crippen LogP contribution in [0.25, 0.3) is 0 Å². The maximum Gasteiger partial charge on any atom is 0.305 e. The molecule has 0 aliphatic rings. The van der Waals surface area contributed by atoms with Crippen LogP contribution in [0.3, 0.4) is 0 Å². The number of nitrogen functional groups attached to an aromatic ring is 1. The van der Waals surface area contributed by atoms with Gasteiger partial charge in [0.1, 0.15) is 0 Å². The summed E-state index contributed by atoms with van der Waals surface area (Å²) in [7, 11) is 0. The van der Waals surface area contributed by atoms with E-state index in [-0.39, 0.29) is 5.56 Å². The summed E-state index contributed by atoms with van der Waals surface area (Å²) in [5, 5.41) is 8.49. The minimum absolute atomic E-state index is 0.270. The maximum atomic E-state index is 11.6. The van der Waals surface area contributed by atoms with Crippen LogP contribution in [0.2, 0.25) is 0 Å². The Labute approximate surface area is 86.7 Å². The number of nitrogens with two attached hydrogens (primary N) is 2. The summed E-state index contributed by atoms with van der Waals surface area (Å²) in [5.41, 5.74) is 11.6. The number of carboxylic acids is 1. The van der Waals surface area contributed by atoms with Gasteiger partial charge in [-0.1, -0.05) is 12.1 Å². The van der Waals surface area contributed by atoms with Crippen molar-refractivity contribution in [3.8, 4) is 0 Å². The summed E-state index contributed by atoms with van der Waals surface area (Å²) in [6.45, 7) is 0. The first kappa shape index (κ1) is 11.2. The Hall–Kier alpha value is -1.88. The summed E-state index contributed by atoms with van der Waals surface area (Å²) in [6.07, 6.45) is -0.396. The fraction of sp³-hybridized carbons (Fsp3) is 0.200. The summed E-state index contributed by atoms with van der Waals surface area (Å²) in [6, 6.07) is 5.39. The molecule has 1 aromatic rings. The van der Waals surface area contributed by atoms with Crippen LogP contribution < -0.4 is 11.5 Å². The van der Waals surface area contributed by atoms with Crippen LogP contribution in [0.5, 0.6) is 0 Å². The number of benzene rings is 1. The lowest BCUT2D eigenvalue weighted by atomic mass is 10.0. The van der Waals surface area contributed by atoms with Crippen LogP contribution in [-0.4, -0.2) is 22.9 Å². The summed E-state index contributed by atoms with van der Waals surface area (Å²) in [4.78, 5) is 22.0. The van der Waals surface area contributed by atoms with Crippen LogP contribution in [0, 0.1) is 0 Å². The van der Waals surface area contributed by atoms with Crippen molar-refractivity contribution in [1.29, 1.82) is 0 Å². The molecule has 0 radical (unpaired) electrons. The van der Waals surface area contributed by atoms with Crippen molar-refractivity contribution in [2.24, 2.45) is 5.73 Å². The molecule has 0 spiro atoms. The highest BCUT2D eigenvalue weighted by atomic mass is 16.4. The van der Waals surface area contributed by atoms with Gasteiger partial charge in [-0.05, 0) is 12.1 Å². The van der Waals surface area contributed by atoms with E-state index < -0.39 is 24.2 Å². The Kier molecular flexibility index (Phi) is 3.41. The average Bonchev–Trinajstić information content (AvgIpc) is 2.16. The Morgan fingerprint density at radius 1 is 1.33 bits per heavy atom. The molecule has 0 bridgehead atoms. The van der Waals surface area contributed by atoms with E-state index in [4.69, 9.17) is 16.6 Å². The van der Waals surface area contributed by atoms with Gasteiger partial charge in [0.05, 0.1) is 12.5 Å². The lowest BCUT2D eigenvalue weighted by molar-refractivity contribution is -0.137. The molecular formula is C10H12N2O3. The van der Waals surface area contributed by atoms with E-state index >= 15 is 0 Å². The molecule has 0 aromatic heterocycles. The Bertz CT molecular complexity index is 390. The van der Waals surface area contributed by atoms with Crippen molar-refractivity contribution in [3.63, 3.8) is 0 Å². The molecule has 5 nitrogen and oxygen atoms in total. The zero-order valence-electron chi connectivity index (χ0n) is 8.01. The number of carbonyl (C=O) groups is 2. The molecule has 1 unspecified atom stereocenters. The third kappa shape index (κ3) is 2.78. The van der Waals surface area contributed by atoms with Gasteiger partial charge in [0.25, 0.3) is 0 Å². The third-order valence-electron chi connectivity index (χ3n) is 1.96. The van der Waals surface area contributed by atoms with E-state index in [9.17, 15) is 9.59 Å². The maximum absolute atomic E-state index is 11.6. The zero-order chi connectivity index (χ0) is 11.4. The summed E-state index contributed by atoms with van der Waals surface area (Å²) < 4.78 is 0. The molecule has 5 N–H and O–H groups in total. The highest BCUT2D eigenvalue weighted by Gasteiger charge is 2.20. The fourth-order valence-electron chi connectivity index (χ4n) is 1.20. The standard InChI is InChI=1S/C10H12N2O3/c11-7-4-2-1-3-6(7)10(15)8(12)5-9(13)14/h1-4,8H,5,11-12H2,(H,13,14). The summed E-state index contributed by atoms with van der Waals surface area (Å²) in [5.74, 6) is -1.55. The molecule has 0 fully saturated rings. The van der Waals surface area contributed by atoms with E-state index in [0.29, 0.717) is 5.69 Å². The number of para-hydroxylation sites is 1. The second-order valence-corrected chi connectivity index (χ2v) is 3.16. The highest BCUT2D eigenvalue weighted by Crippen LogP contribution is 2.13. The van der Waals surface area contributed by atoms with E-state index in [1.807, 2.05) is 0 Å². The topological polar surface area (TPSA) is 106 Å². The number of ketones is 1. The summed E-state index contributed by atoms with van der Waals surface area (Å²) >= 11 is 0. The number of aliphatic carboxylic acids is 1. The van der Waals surface area contributed by atoms with E-state index in [1.54, 1.807) is 18.2 Å². The van der Waals surface area contributed by atoms with E-state index in [0.717, 1.165) is 0 Å². The highest BCUT2D eigenvalue weighted by molar-refractivity contribution is 6.05. The zero-order valence-corrected chi connectivity index (χ0v) is 8.01. The van der Waals surface area contributed by atoms with Gasteiger partial charge >= 0.3 is 5.97 Å². The van der Waals surface area contributed by atoms with Gasteiger partial charge in [-0.2, -0.15) is 0 Å². The first-order valence-electron chi connectivity index (χ1n) is 4.38. The number of anilines is 1. The quantitative estimate of drug-likeness (QED) is 0.486. The molecule has 15 heavy (non-hydrogen) atoms. The minimum atomic E-state index is -1.11. The molecule has 80 valence electrons. The number of hydrogen-bond donors (Lipinski definition) is 3. The van der Waals surface area contributed by atoms with Gasteiger partial charge < -0.3 is 16.6 Å². The normalized spacial score (nSPS) is 12.1. The van der Waals surface area contributed by atoms with Gasteiger partial charge in [-0.15, -0.1) is 0 Å². The van der Waals surface area contributed by atoms with Crippen molar-refractivity contribution in [2.45, 2.75) is 12.5 Å². The van der Waals surface area contributed by atoms with Gasteiger partial charge in [0.2, 0.25) is 0 Å². The van der Waals surface area contributed by atoms with Crippen LogP contribution in [0.1, 0.15) is 16.8 Å². The van der Waals surface area contributed by atoms with Crippen molar-refractivity contribution in [2.75, 3.05) is 5.73 Å². The lowest BCUT2D eigenvalue weighted by Gasteiger charge is -2.09. The van der Waals surface area contributed by atoms with Gasteiger partial charge in [-0.25, -0.2) is 0 Å². The molecule has 5 heteroatoms. The molecule has 1 aromatic carbocycles. The number of Topliss-reactive ketones (excluding diaryl/α,β-unsaturated/α-hetero) is 1. The minimum Gasteiger partial charge on any atom is -0.481 e. The van der Waals surface area contributed by atoms with Crippen LogP contribution in [-0.2, 0) is 4.79 Å². The molecule has 0 aliphatic carbocycles. The SMILES string of the molecule is Nc1ccccc1C(=O)C(N)CC(=O)O.